The number of alkyl halides is 18. The summed E-state index contributed by atoms with van der Waals surface area (Å²) in [7, 11) is 0. The monoisotopic (exact) mass is 558 g/mol. The van der Waals surface area contributed by atoms with E-state index in [-0.39, 0.29) is 51.4 Å². The van der Waals surface area contributed by atoms with Crippen molar-refractivity contribution in [3.63, 3.8) is 0 Å². The van der Waals surface area contributed by atoms with Gasteiger partial charge in [-0.15, -0.1) is 0 Å². The van der Waals surface area contributed by atoms with Gasteiger partial charge < -0.3 is 9.11 Å². The first-order valence-corrected chi connectivity index (χ1v) is 6.70. The van der Waals surface area contributed by atoms with Crippen molar-refractivity contribution in [3.8, 4) is 0 Å². The van der Waals surface area contributed by atoms with E-state index in [0.29, 0.717) is 0 Å². The average molecular weight is 558 g/mol. The van der Waals surface area contributed by atoms with E-state index in [2.05, 4.69) is 0 Å². The molecular weight excluding hydrogens is 557 g/mol. The van der Waals surface area contributed by atoms with Gasteiger partial charge in [0.05, 0.1) is 11.4 Å². The van der Waals surface area contributed by atoms with Crippen molar-refractivity contribution in [1.29, 1.82) is 0 Å². The van der Waals surface area contributed by atoms with Gasteiger partial charge in [0, 0.05) is 0 Å². The van der Waals surface area contributed by atoms with Gasteiger partial charge >= 0.3 is 99.3 Å². The molecule has 31 heavy (non-hydrogen) atoms. The molecule has 0 rings (SSSR count). The molecule has 0 heterocycles. The largest absolute Gasteiger partial charge is 1.00 e. The molecule has 1 atom stereocenters. The van der Waals surface area contributed by atoms with Gasteiger partial charge in [-0.2, -0.15) is 79.0 Å². The topological polar surface area (TPSA) is 60.4 Å². The molecule has 0 aliphatic heterocycles. The molecule has 0 spiro atoms. The second kappa shape index (κ2) is 9.97. The normalized spacial score (nSPS) is 16.1. The molecule has 0 saturated heterocycles. The second-order valence-electron chi connectivity index (χ2n) is 4.66. The maximum absolute atomic E-state index is 12.8. The van der Waals surface area contributed by atoms with Gasteiger partial charge in [-0.25, -0.2) is 4.21 Å². The number of hydrogen-bond donors (Lipinski definition) is 1. The maximum Gasteiger partial charge on any atom is 1.00 e. The van der Waals surface area contributed by atoms with Crippen molar-refractivity contribution in [2.24, 2.45) is 0 Å². The minimum atomic E-state index is -8.72. The molecule has 1 unspecified atom stereocenters. The van der Waals surface area contributed by atoms with Crippen LogP contribution >= 0.6 is 0 Å². The zero-order valence-corrected chi connectivity index (χ0v) is 17.4. The van der Waals surface area contributed by atoms with E-state index < -0.39 is 59.2 Å². The number of rotatable bonds is 5. The van der Waals surface area contributed by atoms with Crippen molar-refractivity contribution in [1.82, 2.24) is 0 Å². The van der Waals surface area contributed by atoms with Crippen molar-refractivity contribution in [2.45, 2.75) is 47.9 Å². The molecule has 0 fully saturated rings. The molecule has 0 saturated carbocycles. The summed E-state index contributed by atoms with van der Waals surface area (Å²) in [6, 6.07) is 0. The van der Waals surface area contributed by atoms with Crippen LogP contribution in [0.15, 0.2) is 0 Å². The van der Waals surface area contributed by atoms with Gasteiger partial charge in [0.15, 0.2) is 0 Å². The van der Waals surface area contributed by atoms with E-state index in [1.165, 1.54) is 0 Å². The summed E-state index contributed by atoms with van der Waals surface area (Å²) in [6.07, 6.45) is -15.6. The van der Waals surface area contributed by atoms with E-state index in [1.54, 1.807) is 0 Å². The Bertz CT molecular complexity index is 572. The van der Waals surface area contributed by atoms with Crippen molar-refractivity contribution in [2.75, 3.05) is 0 Å². The first-order valence-electron chi connectivity index (χ1n) is 5.67. The fraction of sp³-hybridized carbons (Fsp3) is 1.00. The van der Waals surface area contributed by atoms with Gasteiger partial charge in [-0.3, -0.25) is 0 Å². The van der Waals surface area contributed by atoms with Gasteiger partial charge in [0.25, 0.3) is 0 Å². The van der Waals surface area contributed by atoms with Crippen LogP contribution in [0.5, 0.6) is 0 Å². The Balaban J connectivity index is -0.00000143. The Kier molecular flexibility index (Phi) is 11.6. The predicted molar refractivity (Wildman–Crippen MR) is 53.3 cm³/mol. The Labute approximate surface area is 202 Å². The first kappa shape index (κ1) is 36.0. The van der Waals surface area contributed by atoms with Gasteiger partial charge in [-0.1, -0.05) is 0 Å². The van der Waals surface area contributed by atoms with Gasteiger partial charge in [0.2, 0.25) is 0 Å². The molecule has 0 bridgehead atoms. The average Bonchev–Trinajstić information content (AvgIpc) is 2.42. The van der Waals surface area contributed by atoms with Crippen molar-refractivity contribution in [3.05, 3.63) is 0 Å². The first-order chi connectivity index (χ1) is 12.5. The van der Waals surface area contributed by atoms with E-state index in [1.807, 2.05) is 0 Å². The van der Waals surface area contributed by atoms with Crippen LogP contribution in [0.4, 0.5) is 79.0 Å². The van der Waals surface area contributed by atoms with E-state index in [0.717, 1.165) is 0 Å². The fourth-order valence-electron chi connectivity index (χ4n) is 1.14. The molecule has 0 aromatic rings. The molecule has 0 amide bonds. The summed E-state index contributed by atoms with van der Waals surface area (Å²) in [5.41, 5.74) is 0. The third-order valence-corrected chi connectivity index (χ3v) is 2.68. The number of hydrogen-bond acceptors (Lipinski definition) is 2. The Morgan fingerprint density at radius 2 is 0.548 bits per heavy atom. The van der Waals surface area contributed by atoms with E-state index in [4.69, 9.17) is 13.3 Å². The van der Waals surface area contributed by atoms with Crippen molar-refractivity contribution < 1.29 is 144 Å². The van der Waals surface area contributed by atoms with E-state index >= 15 is 0 Å². The zero-order chi connectivity index (χ0) is 25.6. The fourth-order valence-corrected chi connectivity index (χ4v) is 1.14. The second-order valence-corrected chi connectivity index (χ2v) is 5.09. The summed E-state index contributed by atoms with van der Waals surface area (Å²) in [5, 5.41) is 0. The van der Waals surface area contributed by atoms with Crippen LogP contribution in [0.2, 0.25) is 0 Å². The maximum atomic E-state index is 12.8. The minimum Gasteiger partial charge on any atom is -0.750 e. The molecule has 0 aliphatic rings. The van der Waals surface area contributed by atoms with Crippen LogP contribution in [-0.2, 0) is 11.4 Å². The Morgan fingerprint density at radius 1 is 0.452 bits per heavy atom. The Hall–Kier alpha value is 0.446. The van der Waals surface area contributed by atoms with Crippen LogP contribution in [0.25, 0.3) is 0 Å². The quantitative estimate of drug-likeness (QED) is 0.320. The summed E-state index contributed by atoms with van der Waals surface area (Å²) >= 11 is -2.86. The molecule has 184 valence electrons. The molecule has 0 aromatic carbocycles. The SMILES string of the molecule is FC(F)(F)C(F)(F)C(F)(F)C(F)(F)C(F)(F)C(F)(F)C(F)(F)C(F)(F)F.O=S([O-])O.[K+]. The molecule has 0 aromatic heterocycles. The Morgan fingerprint density at radius 3 is 0.645 bits per heavy atom. The van der Waals surface area contributed by atoms with Crippen LogP contribution in [-0.4, -0.2) is 61.2 Å². The molecule has 0 aliphatic carbocycles. The third-order valence-electron chi connectivity index (χ3n) is 2.68. The smallest absolute Gasteiger partial charge is 0.750 e. The third kappa shape index (κ3) is 6.12. The summed E-state index contributed by atoms with van der Waals surface area (Å²) in [4.78, 5) is 0. The van der Waals surface area contributed by atoms with E-state index in [9.17, 15) is 79.0 Å². The molecule has 3 nitrogen and oxygen atoms in total. The zero-order valence-electron chi connectivity index (χ0n) is 13.5. The molecule has 23 heteroatoms. The summed E-state index contributed by atoms with van der Waals surface area (Å²) in [5.74, 6) is -51.0. The van der Waals surface area contributed by atoms with Crippen LogP contribution in [0, 0.1) is 0 Å². The minimum absolute atomic E-state index is 0. The molecular formula is C8HF18KO3S. The van der Waals surface area contributed by atoms with Crippen molar-refractivity contribution >= 4 is 11.4 Å². The van der Waals surface area contributed by atoms with Crippen LogP contribution in [0.3, 0.4) is 0 Å². The van der Waals surface area contributed by atoms with Gasteiger partial charge in [-0.05, 0) is 0 Å². The molecule has 0 radical (unpaired) electrons. The summed E-state index contributed by atoms with van der Waals surface area (Å²) < 4.78 is 245. The van der Waals surface area contributed by atoms with Crippen LogP contribution in [0.1, 0.15) is 0 Å². The van der Waals surface area contributed by atoms with Gasteiger partial charge in [0.1, 0.15) is 0 Å². The standard InChI is InChI=1S/C8F18.K.H2O3S/c9-1(10,3(13,14)5(17,18)7(21,22)23)2(11,12)4(15,16)6(19,20)8(24,25)26;;1-4(2)3/h;;(H2,1,2,3)/q;+1;/p-1. The number of halogens is 18. The molecule has 1 N–H and O–H groups in total. The van der Waals surface area contributed by atoms with Crippen LogP contribution < -0.4 is 51.4 Å². The predicted octanol–water partition coefficient (Wildman–Crippen LogP) is 2.27. The summed E-state index contributed by atoms with van der Waals surface area (Å²) in [6.45, 7) is 0.